The average molecular weight is 765 g/mol. The normalized spacial score (nSPS) is 11.7. The fourth-order valence-corrected chi connectivity index (χ4v) is 9.22. The van der Waals surface area contributed by atoms with Crippen molar-refractivity contribution in [3.63, 3.8) is 0 Å². The minimum atomic E-state index is 0.906. The molecule has 0 spiro atoms. The van der Waals surface area contributed by atoms with Crippen LogP contribution < -0.4 is 0 Å². The van der Waals surface area contributed by atoms with Gasteiger partial charge in [0.1, 0.15) is 11.6 Å². The van der Waals surface area contributed by atoms with Crippen molar-refractivity contribution in [1.82, 2.24) is 19.1 Å². The van der Waals surface area contributed by atoms with Crippen LogP contribution in [0.5, 0.6) is 0 Å². The number of fused-ring (bicyclic) bond motifs is 5. The Labute approximate surface area is 346 Å². The van der Waals surface area contributed by atoms with Crippen LogP contribution >= 0.6 is 0 Å². The van der Waals surface area contributed by atoms with E-state index in [9.17, 15) is 0 Å². The summed E-state index contributed by atoms with van der Waals surface area (Å²) >= 11 is 0. The standard InChI is InChI=1S/C56H36N4/c1-4-17-37(18-5-1)41-34-33-38-23-14-24-42(45(38)35-41)54-43-25-15-31-50(59-52-29-12-10-27-48(52)57-55(59)39-19-6-2-7-20-39)46(43)36-47-44(54)26-16-32-51(47)60-53-30-13-11-28-49(53)58-56(60)40-21-8-3-9-22-40/h1-36H. The first kappa shape index (κ1) is 34.0. The van der Waals surface area contributed by atoms with E-state index in [2.05, 4.69) is 228 Å². The third-order valence-corrected chi connectivity index (χ3v) is 11.9. The van der Waals surface area contributed by atoms with Crippen molar-refractivity contribution in [1.29, 1.82) is 0 Å². The molecule has 0 fully saturated rings. The molecule has 0 unspecified atom stereocenters. The summed E-state index contributed by atoms with van der Waals surface area (Å²) in [7, 11) is 0. The molecule has 0 saturated carbocycles. The second-order valence-electron chi connectivity index (χ2n) is 15.4. The lowest BCUT2D eigenvalue weighted by Gasteiger charge is -2.20. The summed E-state index contributed by atoms with van der Waals surface area (Å²) < 4.78 is 4.70. The molecule has 0 radical (unpaired) electrons. The van der Waals surface area contributed by atoms with Crippen molar-refractivity contribution in [2.75, 3.05) is 0 Å². The zero-order valence-corrected chi connectivity index (χ0v) is 32.6. The molecule has 0 atom stereocenters. The Morgan fingerprint density at radius 3 is 1.33 bits per heavy atom. The molecule has 0 bridgehead atoms. The Balaban J connectivity index is 1.24. The van der Waals surface area contributed by atoms with Crippen LogP contribution in [0.4, 0.5) is 0 Å². The Bertz CT molecular complexity index is 3410. The maximum atomic E-state index is 5.28. The first-order chi connectivity index (χ1) is 29.8. The van der Waals surface area contributed by atoms with Crippen molar-refractivity contribution in [3.05, 3.63) is 218 Å². The smallest absolute Gasteiger partial charge is 0.145 e. The van der Waals surface area contributed by atoms with E-state index >= 15 is 0 Å². The maximum Gasteiger partial charge on any atom is 0.145 e. The Kier molecular flexibility index (Phi) is 7.82. The van der Waals surface area contributed by atoms with Crippen molar-refractivity contribution < 1.29 is 0 Å². The lowest BCUT2D eigenvalue weighted by molar-refractivity contribution is 1.11. The number of rotatable bonds is 6. The number of hydrogen-bond donors (Lipinski definition) is 0. The molecule has 4 nitrogen and oxygen atoms in total. The predicted octanol–water partition coefficient (Wildman–Crippen LogP) is 14.5. The molecule has 10 aromatic carbocycles. The first-order valence-corrected chi connectivity index (χ1v) is 20.4. The summed E-state index contributed by atoms with van der Waals surface area (Å²) in [6.45, 7) is 0. The molecule has 12 rings (SSSR count). The van der Waals surface area contributed by atoms with Gasteiger partial charge in [0.15, 0.2) is 0 Å². The summed E-state index contributed by atoms with van der Waals surface area (Å²) in [6.07, 6.45) is 0. The van der Waals surface area contributed by atoms with Gasteiger partial charge in [-0.25, -0.2) is 9.97 Å². The van der Waals surface area contributed by atoms with E-state index < -0.39 is 0 Å². The number of aromatic nitrogens is 4. The Morgan fingerprint density at radius 2 is 0.783 bits per heavy atom. The SMILES string of the molecule is c1ccc(-c2ccc3cccc(-c4c5cccc(-n6c(-c7ccccc7)nc7ccccc76)c5cc5c(-n6c(-c7ccccc7)nc7ccccc76)cccc45)c3c2)cc1. The molecule has 0 saturated heterocycles. The third-order valence-electron chi connectivity index (χ3n) is 11.9. The van der Waals surface area contributed by atoms with Crippen LogP contribution in [0.2, 0.25) is 0 Å². The van der Waals surface area contributed by atoms with E-state index in [1.54, 1.807) is 0 Å². The molecule has 2 heterocycles. The summed E-state index contributed by atoms with van der Waals surface area (Å²) in [6, 6.07) is 78.2. The first-order valence-electron chi connectivity index (χ1n) is 20.4. The molecule has 2 aromatic heterocycles. The highest BCUT2D eigenvalue weighted by atomic mass is 15.1. The number of hydrogen-bond acceptors (Lipinski definition) is 2. The van der Waals surface area contributed by atoms with Crippen molar-refractivity contribution in [2.45, 2.75) is 0 Å². The quantitative estimate of drug-likeness (QED) is 0.158. The lowest BCUT2D eigenvalue weighted by Crippen LogP contribution is -2.02. The third kappa shape index (κ3) is 5.39. The molecule has 12 aromatic rings. The van der Waals surface area contributed by atoms with E-state index in [4.69, 9.17) is 9.97 Å². The minimum absolute atomic E-state index is 0.906. The highest BCUT2D eigenvalue weighted by Crippen LogP contribution is 2.45. The number of para-hydroxylation sites is 4. The maximum absolute atomic E-state index is 5.28. The van der Waals surface area contributed by atoms with Gasteiger partial charge in [-0.3, -0.25) is 9.13 Å². The van der Waals surface area contributed by atoms with Gasteiger partial charge in [0, 0.05) is 21.9 Å². The fourth-order valence-electron chi connectivity index (χ4n) is 9.22. The highest BCUT2D eigenvalue weighted by Gasteiger charge is 2.23. The van der Waals surface area contributed by atoms with Crippen molar-refractivity contribution in [2.24, 2.45) is 0 Å². The number of imidazole rings is 2. The van der Waals surface area contributed by atoms with Gasteiger partial charge in [0.25, 0.3) is 0 Å². The summed E-state index contributed by atoms with van der Waals surface area (Å²) in [4.78, 5) is 10.6. The monoisotopic (exact) mass is 764 g/mol. The zero-order chi connectivity index (χ0) is 39.6. The number of benzene rings is 10. The molecule has 0 amide bonds. The minimum Gasteiger partial charge on any atom is -0.292 e. The van der Waals surface area contributed by atoms with Crippen LogP contribution in [0.15, 0.2) is 218 Å². The topological polar surface area (TPSA) is 35.6 Å². The van der Waals surface area contributed by atoms with Crippen LogP contribution in [0, 0.1) is 0 Å². The van der Waals surface area contributed by atoms with E-state index in [-0.39, 0.29) is 0 Å². The molecular weight excluding hydrogens is 729 g/mol. The van der Waals surface area contributed by atoms with Crippen molar-refractivity contribution >= 4 is 54.4 Å². The van der Waals surface area contributed by atoms with E-state index in [1.807, 2.05) is 0 Å². The number of nitrogens with zero attached hydrogens (tertiary/aromatic N) is 4. The van der Waals surface area contributed by atoms with Crippen LogP contribution in [-0.2, 0) is 0 Å². The van der Waals surface area contributed by atoms with Crippen molar-refractivity contribution in [3.8, 4) is 56.4 Å². The van der Waals surface area contributed by atoms with Crippen LogP contribution in [-0.4, -0.2) is 19.1 Å². The lowest BCUT2D eigenvalue weighted by atomic mass is 9.87. The molecule has 0 aliphatic carbocycles. The van der Waals surface area contributed by atoms with E-state index in [1.165, 1.54) is 43.8 Å². The van der Waals surface area contributed by atoms with Crippen LogP contribution in [0.25, 0.3) is 111 Å². The molecule has 0 aliphatic rings. The Hall–Kier alpha value is -8.08. The second kappa shape index (κ2) is 13.8. The summed E-state index contributed by atoms with van der Waals surface area (Å²) in [5.74, 6) is 1.81. The van der Waals surface area contributed by atoms with Gasteiger partial charge in [-0.15, -0.1) is 0 Å². The zero-order valence-electron chi connectivity index (χ0n) is 32.6. The van der Waals surface area contributed by atoms with Gasteiger partial charge in [-0.2, -0.15) is 0 Å². The molecule has 60 heavy (non-hydrogen) atoms. The predicted molar refractivity (Wildman–Crippen MR) is 250 cm³/mol. The highest BCUT2D eigenvalue weighted by molar-refractivity contribution is 6.20. The fraction of sp³-hybridized carbons (Fsp3) is 0. The van der Waals surface area contributed by atoms with Gasteiger partial charge in [-0.1, -0.05) is 170 Å². The van der Waals surface area contributed by atoms with E-state index in [0.29, 0.717) is 0 Å². The van der Waals surface area contributed by atoms with Crippen LogP contribution in [0.1, 0.15) is 0 Å². The summed E-state index contributed by atoms with van der Waals surface area (Å²) in [5.41, 5.74) is 13.1. The molecule has 0 N–H and O–H groups in total. The average Bonchev–Trinajstić information content (AvgIpc) is 3.90. The molecular formula is C56H36N4. The molecule has 0 aliphatic heterocycles. The van der Waals surface area contributed by atoms with Gasteiger partial charge in [0.2, 0.25) is 0 Å². The van der Waals surface area contributed by atoms with E-state index in [0.717, 1.165) is 67.0 Å². The van der Waals surface area contributed by atoms with Gasteiger partial charge >= 0.3 is 0 Å². The molecule has 4 heteroatoms. The largest absolute Gasteiger partial charge is 0.292 e. The molecule has 280 valence electrons. The van der Waals surface area contributed by atoms with Gasteiger partial charge in [-0.05, 0) is 92.3 Å². The van der Waals surface area contributed by atoms with Crippen LogP contribution in [0.3, 0.4) is 0 Å². The van der Waals surface area contributed by atoms with Gasteiger partial charge in [0.05, 0.1) is 33.4 Å². The Morgan fingerprint density at radius 1 is 0.300 bits per heavy atom. The second-order valence-corrected chi connectivity index (χ2v) is 15.4. The van der Waals surface area contributed by atoms with Gasteiger partial charge < -0.3 is 0 Å². The summed E-state index contributed by atoms with van der Waals surface area (Å²) in [5, 5.41) is 7.02.